The predicted octanol–water partition coefficient (Wildman–Crippen LogP) is 2.88. The summed E-state index contributed by atoms with van der Waals surface area (Å²) in [6, 6.07) is 5.45. The Morgan fingerprint density at radius 2 is 1.72 bits per heavy atom. The van der Waals surface area contributed by atoms with Gasteiger partial charge < -0.3 is 15.3 Å². The molecule has 0 atom stereocenters. The molecule has 4 saturated carbocycles. The molecule has 7 rings (SSSR count). The molecule has 3 heterocycles. The zero-order valence-corrected chi connectivity index (χ0v) is 18.5. The molecule has 4 bridgehead atoms. The molecule has 1 saturated heterocycles. The van der Waals surface area contributed by atoms with Crippen molar-refractivity contribution in [1.29, 1.82) is 0 Å². The number of aliphatic hydroxyl groups excluding tert-OH is 1. The lowest BCUT2D eigenvalue weighted by atomic mass is 9.49. The van der Waals surface area contributed by atoms with Crippen LogP contribution in [0.3, 0.4) is 0 Å². The van der Waals surface area contributed by atoms with Crippen LogP contribution >= 0.6 is 0 Å². The standard InChI is InChI=1S/C25H32N4O3/c30-19-4-6-28(7-5-19)24(32)20-14-29-21(2-1-3-22(29)27-20)23(31)26-15-25-11-16-8-17(12-25)10-18(9-16)13-25/h1-3,14,16-19,30H,4-13,15H2,(H,26,31). The number of aliphatic hydroxyl groups is 1. The second kappa shape index (κ2) is 7.58. The number of carbonyl (C=O) groups excluding carboxylic acids is 2. The number of nitrogens with one attached hydrogen (secondary N) is 1. The van der Waals surface area contributed by atoms with Crippen molar-refractivity contribution in [2.24, 2.45) is 23.2 Å². The fraction of sp³-hybridized carbons (Fsp3) is 0.640. The third-order valence-electron chi connectivity index (χ3n) is 8.48. The second-order valence-corrected chi connectivity index (χ2v) is 10.9. The van der Waals surface area contributed by atoms with Crippen LogP contribution < -0.4 is 5.32 Å². The number of hydrogen-bond acceptors (Lipinski definition) is 4. The van der Waals surface area contributed by atoms with Crippen molar-refractivity contribution in [3.8, 4) is 0 Å². The van der Waals surface area contributed by atoms with Crippen LogP contribution in [-0.2, 0) is 0 Å². The summed E-state index contributed by atoms with van der Waals surface area (Å²) in [5.74, 6) is 2.35. The van der Waals surface area contributed by atoms with E-state index in [0.29, 0.717) is 43.0 Å². The van der Waals surface area contributed by atoms with E-state index in [2.05, 4.69) is 10.3 Å². The van der Waals surface area contributed by atoms with E-state index in [-0.39, 0.29) is 23.3 Å². The van der Waals surface area contributed by atoms with Gasteiger partial charge >= 0.3 is 0 Å². The summed E-state index contributed by atoms with van der Waals surface area (Å²) in [5.41, 5.74) is 1.76. The smallest absolute Gasteiger partial charge is 0.274 e. The fourth-order valence-corrected chi connectivity index (χ4v) is 7.39. The van der Waals surface area contributed by atoms with Crippen molar-refractivity contribution >= 4 is 17.5 Å². The van der Waals surface area contributed by atoms with Crippen LogP contribution in [0.15, 0.2) is 24.4 Å². The molecule has 0 radical (unpaired) electrons. The molecular formula is C25H32N4O3. The SMILES string of the molecule is O=C(NCC12CC3CC(CC(C3)C1)C2)c1cccc2nc(C(=O)N3CCC(O)CC3)cn12. The minimum Gasteiger partial charge on any atom is -0.393 e. The molecular weight excluding hydrogens is 404 g/mol. The summed E-state index contributed by atoms with van der Waals surface area (Å²) in [6.45, 7) is 1.82. The van der Waals surface area contributed by atoms with Gasteiger partial charge in [0.05, 0.1) is 6.10 Å². The summed E-state index contributed by atoms with van der Waals surface area (Å²) >= 11 is 0. The van der Waals surface area contributed by atoms with Crippen LogP contribution in [0.25, 0.3) is 5.65 Å². The molecule has 1 aliphatic heterocycles. The molecule has 170 valence electrons. The molecule has 2 aromatic rings. The van der Waals surface area contributed by atoms with Crippen molar-refractivity contribution in [3.05, 3.63) is 35.8 Å². The molecule has 2 aromatic heterocycles. The van der Waals surface area contributed by atoms with Crippen LogP contribution in [0.4, 0.5) is 0 Å². The summed E-state index contributed by atoms with van der Waals surface area (Å²) < 4.78 is 1.74. The third-order valence-corrected chi connectivity index (χ3v) is 8.48. The highest BCUT2D eigenvalue weighted by Gasteiger charge is 2.50. The van der Waals surface area contributed by atoms with Gasteiger partial charge in [-0.25, -0.2) is 4.98 Å². The fourth-order valence-electron chi connectivity index (χ4n) is 7.39. The van der Waals surface area contributed by atoms with Crippen molar-refractivity contribution in [3.63, 3.8) is 0 Å². The zero-order valence-electron chi connectivity index (χ0n) is 18.5. The molecule has 32 heavy (non-hydrogen) atoms. The highest BCUT2D eigenvalue weighted by Crippen LogP contribution is 2.59. The van der Waals surface area contributed by atoms with Gasteiger partial charge in [-0.1, -0.05) is 6.07 Å². The number of hydrogen-bond donors (Lipinski definition) is 2. The Bertz CT molecular complexity index is 1020. The Morgan fingerprint density at radius 3 is 2.38 bits per heavy atom. The normalized spacial score (nSPS) is 31.9. The Balaban J connectivity index is 1.19. The number of carbonyl (C=O) groups is 2. The van der Waals surface area contributed by atoms with Gasteiger partial charge in [-0.05, 0) is 86.7 Å². The molecule has 0 aromatic carbocycles. The number of piperidine rings is 1. The topological polar surface area (TPSA) is 86.9 Å². The van der Waals surface area contributed by atoms with Gasteiger partial charge in [0.1, 0.15) is 17.0 Å². The van der Waals surface area contributed by atoms with Crippen molar-refractivity contribution < 1.29 is 14.7 Å². The minimum absolute atomic E-state index is 0.0937. The number of rotatable bonds is 4. The molecule has 0 spiro atoms. The van der Waals surface area contributed by atoms with E-state index >= 15 is 0 Å². The quantitative estimate of drug-likeness (QED) is 0.772. The van der Waals surface area contributed by atoms with E-state index in [9.17, 15) is 14.7 Å². The molecule has 5 fully saturated rings. The zero-order chi connectivity index (χ0) is 21.9. The lowest BCUT2D eigenvalue weighted by Gasteiger charge is -2.56. The lowest BCUT2D eigenvalue weighted by Crippen LogP contribution is -2.51. The Labute approximate surface area is 188 Å². The van der Waals surface area contributed by atoms with E-state index in [1.165, 1.54) is 38.5 Å². The lowest BCUT2D eigenvalue weighted by molar-refractivity contribution is -0.0503. The summed E-state index contributed by atoms with van der Waals surface area (Å²) in [5, 5.41) is 12.9. The molecule has 0 unspecified atom stereocenters. The van der Waals surface area contributed by atoms with Crippen LogP contribution in [-0.4, -0.2) is 56.9 Å². The number of imidazole rings is 1. The van der Waals surface area contributed by atoms with Crippen LogP contribution in [0, 0.1) is 23.2 Å². The molecule has 4 aliphatic carbocycles. The second-order valence-electron chi connectivity index (χ2n) is 10.9. The maximum absolute atomic E-state index is 13.2. The first-order chi connectivity index (χ1) is 15.5. The number of amides is 2. The largest absolute Gasteiger partial charge is 0.393 e. The first kappa shape index (κ1) is 20.2. The van der Waals surface area contributed by atoms with Crippen LogP contribution in [0.1, 0.15) is 72.3 Å². The van der Waals surface area contributed by atoms with E-state index < -0.39 is 0 Å². The summed E-state index contributed by atoms with van der Waals surface area (Å²) in [4.78, 5) is 32.3. The van der Waals surface area contributed by atoms with Gasteiger partial charge in [0.25, 0.3) is 11.8 Å². The maximum Gasteiger partial charge on any atom is 0.274 e. The van der Waals surface area contributed by atoms with Gasteiger partial charge in [0.15, 0.2) is 0 Å². The molecule has 2 amide bonds. The number of fused-ring (bicyclic) bond motifs is 1. The predicted molar refractivity (Wildman–Crippen MR) is 119 cm³/mol. The number of pyridine rings is 1. The number of likely N-dealkylation sites (tertiary alicyclic amines) is 1. The maximum atomic E-state index is 13.2. The van der Waals surface area contributed by atoms with E-state index in [1.54, 1.807) is 21.6 Å². The Kier molecular flexibility index (Phi) is 4.79. The van der Waals surface area contributed by atoms with Gasteiger partial charge in [0.2, 0.25) is 0 Å². The van der Waals surface area contributed by atoms with E-state index in [4.69, 9.17) is 0 Å². The first-order valence-electron chi connectivity index (χ1n) is 12.2. The highest BCUT2D eigenvalue weighted by atomic mass is 16.3. The number of nitrogens with zero attached hydrogens (tertiary/aromatic N) is 3. The summed E-state index contributed by atoms with van der Waals surface area (Å²) in [7, 11) is 0. The Morgan fingerprint density at radius 1 is 1.06 bits per heavy atom. The highest BCUT2D eigenvalue weighted by molar-refractivity contribution is 5.95. The van der Waals surface area contributed by atoms with Crippen LogP contribution in [0.2, 0.25) is 0 Å². The van der Waals surface area contributed by atoms with Gasteiger partial charge in [-0.2, -0.15) is 0 Å². The van der Waals surface area contributed by atoms with Crippen molar-refractivity contribution in [1.82, 2.24) is 19.6 Å². The molecule has 2 N–H and O–H groups in total. The van der Waals surface area contributed by atoms with Crippen molar-refractivity contribution in [2.75, 3.05) is 19.6 Å². The minimum atomic E-state index is -0.329. The monoisotopic (exact) mass is 436 g/mol. The summed E-state index contributed by atoms with van der Waals surface area (Å²) in [6.07, 6.45) is 10.5. The van der Waals surface area contributed by atoms with Gasteiger partial charge in [-0.15, -0.1) is 0 Å². The average molecular weight is 437 g/mol. The molecule has 5 aliphatic rings. The Hall–Kier alpha value is -2.41. The van der Waals surface area contributed by atoms with Gasteiger partial charge in [0, 0.05) is 25.8 Å². The molecule has 7 heteroatoms. The first-order valence-corrected chi connectivity index (χ1v) is 12.2. The van der Waals surface area contributed by atoms with Crippen LogP contribution in [0.5, 0.6) is 0 Å². The van der Waals surface area contributed by atoms with Gasteiger partial charge in [-0.3, -0.25) is 14.0 Å². The average Bonchev–Trinajstić information content (AvgIpc) is 3.21. The van der Waals surface area contributed by atoms with E-state index in [0.717, 1.165) is 24.3 Å². The van der Waals surface area contributed by atoms with E-state index in [1.807, 2.05) is 12.1 Å². The third kappa shape index (κ3) is 3.51. The number of aromatic nitrogens is 2. The van der Waals surface area contributed by atoms with Crippen molar-refractivity contribution in [2.45, 2.75) is 57.5 Å². The molecule has 7 nitrogen and oxygen atoms in total.